The van der Waals surface area contributed by atoms with Crippen molar-refractivity contribution in [3.8, 4) is 0 Å². The summed E-state index contributed by atoms with van der Waals surface area (Å²) < 4.78 is 2.29. The molecule has 1 atom stereocenters. The second kappa shape index (κ2) is 3.87. The maximum Gasteiger partial charge on any atom is 0.310 e. The fourth-order valence-corrected chi connectivity index (χ4v) is 3.21. The van der Waals surface area contributed by atoms with Crippen molar-refractivity contribution in [2.24, 2.45) is 0 Å². The Kier molecular flexibility index (Phi) is 2.44. The molecule has 0 bridgehead atoms. The van der Waals surface area contributed by atoms with Crippen molar-refractivity contribution in [2.75, 3.05) is 0 Å². The number of aromatic nitrogens is 1. The molecule has 1 N–H and O–H groups in total. The molecule has 2 aromatic rings. The molecule has 0 saturated carbocycles. The molecule has 1 aromatic carbocycles. The number of carbonyl (C=O) groups is 1. The van der Waals surface area contributed by atoms with E-state index in [1.807, 2.05) is 13.0 Å². The molecule has 0 radical (unpaired) electrons. The van der Waals surface area contributed by atoms with Gasteiger partial charge < -0.3 is 9.67 Å². The van der Waals surface area contributed by atoms with E-state index in [1.54, 1.807) is 6.92 Å². The van der Waals surface area contributed by atoms with E-state index in [-0.39, 0.29) is 0 Å². The Balaban J connectivity index is 2.37. The highest BCUT2D eigenvalue weighted by atomic mass is 16.4. The normalized spacial score (nSPS) is 15.9. The van der Waals surface area contributed by atoms with Crippen LogP contribution in [0.1, 0.15) is 36.1 Å². The highest BCUT2D eigenvalue weighted by Gasteiger charge is 2.25. The SMILES string of the molecule is Cc1c(C(C)C(=O)O)c2cccc3c2n1CCC3. The molecule has 3 rings (SSSR count). The van der Waals surface area contributed by atoms with Crippen LogP contribution in [-0.4, -0.2) is 15.6 Å². The quantitative estimate of drug-likeness (QED) is 0.880. The Morgan fingerprint density at radius 3 is 2.94 bits per heavy atom. The first-order valence-electron chi connectivity index (χ1n) is 6.44. The van der Waals surface area contributed by atoms with Gasteiger partial charge >= 0.3 is 5.97 Å². The number of hydrogen-bond acceptors (Lipinski definition) is 1. The van der Waals surface area contributed by atoms with Gasteiger partial charge in [0.05, 0.1) is 11.4 Å². The lowest BCUT2D eigenvalue weighted by Gasteiger charge is -2.16. The molecule has 1 aromatic heterocycles. The first-order chi connectivity index (χ1) is 8.61. The van der Waals surface area contributed by atoms with E-state index >= 15 is 0 Å². The molecule has 0 fully saturated rings. The van der Waals surface area contributed by atoms with Crippen molar-refractivity contribution in [3.63, 3.8) is 0 Å². The van der Waals surface area contributed by atoms with Gasteiger partial charge in [0, 0.05) is 17.6 Å². The van der Waals surface area contributed by atoms with Crippen LogP contribution in [0.25, 0.3) is 10.9 Å². The Labute approximate surface area is 106 Å². The number of benzene rings is 1. The molecular weight excluding hydrogens is 226 g/mol. The van der Waals surface area contributed by atoms with Gasteiger partial charge in [0.2, 0.25) is 0 Å². The van der Waals surface area contributed by atoms with Crippen LogP contribution in [0.15, 0.2) is 18.2 Å². The van der Waals surface area contributed by atoms with Crippen LogP contribution in [0.5, 0.6) is 0 Å². The van der Waals surface area contributed by atoms with E-state index in [2.05, 4.69) is 16.7 Å². The van der Waals surface area contributed by atoms with Crippen molar-refractivity contribution in [1.82, 2.24) is 4.57 Å². The van der Waals surface area contributed by atoms with Crippen molar-refractivity contribution >= 4 is 16.9 Å². The van der Waals surface area contributed by atoms with Gasteiger partial charge in [-0.3, -0.25) is 4.79 Å². The highest BCUT2D eigenvalue weighted by Crippen LogP contribution is 2.36. The largest absolute Gasteiger partial charge is 0.481 e. The maximum absolute atomic E-state index is 11.3. The van der Waals surface area contributed by atoms with Crippen LogP contribution in [0.4, 0.5) is 0 Å². The van der Waals surface area contributed by atoms with Crippen LogP contribution >= 0.6 is 0 Å². The summed E-state index contributed by atoms with van der Waals surface area (Å²) in [6, 6.07) is 6.26. The van der Waals surface area contributed by atoms with Crippen LogP contribution in [0.3, 0.4) is 0 Å². The topological polar surface area (TPSA) is 42.2 Å². The molecule has 1 aliphatic rings. The summed E-state index contributed by atoms with van der Waals surface area (Å²) in [6.07, 6.45) is 2.24. The van der Waals surface area contributed by atoms with Crippen LogP contribution in [-0.2, 0) is 17.8 Å². The van der Waals surface area contributed by atoms with E-state index in [1.165, 1.54) is 11.1 Å². The lowest BCUT2D eigenvalue weighted by atomic mass is 9.96. The molecule has 0 amide bonds. The fraction of sp³-hybridized carbons (Fsp3) is 0.400. The number of nitrogens with zero attached hydrogens (tertiary/aromatic N) is 1. The molecule has 1 aliphatic heterocycles. The molecule has 1 unspecified atom stereocenters. The predicted octanol–water partition coefficient (Wildman–Crippen LogP) is 3.08. The number of hydrogen-bond donors (Lipinski definition) is 1. The summed E-state index contributed by atoms with van der Waals surface area (Å²) in [5, 5.41) is 10.4. The van der Waals surface area contributed by atoms with Crippen molar-refractivity contribution in [2.45, 2.75) is 39.2 Å². The van der Waals surface area contributed by atoms with Gasteiger partial charge in [-0.2, -0.15) is 0 Å². The van der Waals surface area contributed by atoms with Crippen LogP contribution < -0.4 is 0 Å². The number of carboxylic acid groups (broad SMARTS) is 1. The molecule has 3 nitrogen and oxygen atoms in total. The molecule has 0 spiro atoms. The lowest BCUT2D eigenvalue weighted by molar-refractivity contribution is -0.138. The molecule has 3 heteroatoms. The van der Waals surface area contributed by atoms with Crippen molar-refractivity contribution in [1.29, 1.82) is 0 Å². The van der Waals surface area contributed by atoms with E-state index < -0.39 is 11.9 Å². The number of rotatable bonds is 2. The van der Waals surface area contributed by atoms with Gasteiger partial charge in [0.25, 0.3) is 0 Å². The fourth-order valence-electron chi connectivity index (χ4n) is 3.21. The summed E-state index contributed by atoms with van der Waals surface area (Å²) in [6.45, 7) is 4.83. The van der Waals surface area contributed by atoms with Crippen molar-refractivity contribution < 1.29 is 9.90 Å². The lowest BCUT2D eigenvalue weighted by Crippen LogP contribution is -2.10. The van der Waals surface area contributed by atoms with Crippen molar-refractivity contribution in [3.05, 3.63) is 35.0 Å². The third-order valence-corrected chi connectivity index (χ3v) is 4.11. The minimum absolute atomic E-state index is 0.443. The maximum atomic E-state index is 11.3. The zero-order chi connectivity index (χ0) is 12.9. The van der Waals surface area contributed by atoms with Gasteiger partial charge in [-0.1, -0.05) is 18.2 Å². The van der Waals surface area contributed by atoms with Gasteiger partial charge in [-0.05, 0) is 37.8 Å². The van der Waals surface area contributed by atoms with Crippen LogP contribution in [0, 0.1) is 6.92 Å². The second-order valence-electron chi connectivity index (χ2n) is 5.13. The first-order valence-corrected chi connectivity index (χ1v) is 6.44. The monoisotopic (exact) mass is 243 g/mol. The average molecular weight is 243 g/mol. The molecule has 0 aliphatic carbocycles. The zero-order valence-corrected chi connectivity index (χ0v) is 10.7. The summed E-state index contributed by atoms with van der Waals surface area (Å²) in [5.41, 5.74) is 4.71. The summed E-state index contributed by atoms with van der Waals surface area (Å²) in [5.74, 6) is -1.19. The van der Waals surface area contributed by atoms with E-state index in [0.29, 0.717) is 0 Å². The Morgan fingerprint density at radius 2 is 2.22 bits per heavy atom. The Bertz CT molecular complexity index is 639. The molecule has 18 heavy (non-hydrogen) atoms. The second-order valence-corrected chi connectivity index (χ2v) is 5.13. The third kappa shape index (κ3) is 1.40. The average Bonchev–Trinajstić information content (AvgIpc) is 2.65. The number of aryl methyl sites for hydroxylation is 2. The van der Waals surface area contributed by atoms with E-state index in [4.69, 9.17) is 0 Å². The van der Waals surface area contributed by atoms with E-state index in [9.17, 15) is 9.90 Å². The summed E-state index contributed by atoms with van der Waals surface area (Å²) >= 11 is 0. The molecular formula is C15H17NO2. The summed E-state index contributed by atoms with van der Waals surface area (Å²) in [4.78, 5) is 11.3. The van der Waals surface area contributed by atoms with Gasteiger partial charge in [-0.25, -0.2) is 0 Å². The van der Waals surface area contributed by atoms with Gasteiger partial charge in [0.15, 0.2) is 0 Å². The minimum atomic E-state index is -0.748. The molecule has 0 saturated heterocycles. The standard InChI is InChI=1S/C15H17NO2/c1-9(15(17)18)13-10(2)16-8-4-6-11-5-3-7-12(13)14(11)16/h3,5,7,9H,4,6,8H2,1-2H3,(H,17,18). The Hall–Kier alpha value is -1.77. The highest BCUT2D eigenvalue weighted by molar-refractivity contribution is 5.93. The zero-order valence-electron chi connectivity index (χ0n) is 10.7. The molecule has 2 heterocycles. The number of para-hydroxylation sites is 1. The smallest absolute Gasteiger partial charge is 0.310 e. The number of aliphatic carboxylic acids is 1. The third-order valence-electron chi connectivity index (χ3n) is 4.11. The first kappa shape index (κ1) is 11.3. The van der Waals surface area contributed by atoms with Gasteiger partial charge in [0.1, 0.15) is 0 Å². The molecule has 94 valence electrons. The van der Waals surface area contributed by atoms with Gasteiger partial charge in [-0.15, -0.1) is 0 Å². The predicted molar refractivity (Wildman–Crippen MR) is 71.0 cm³/mol. The van der Waals surface area contributed by atoms with Crippen LogP contribution in [0.2, 0.25) is 0 Å². The minimum Gasteiger partial charge on any atom is -0.481 e. The Morgan fingerprint density at radius 1 is 1.44 bits per heavy atom. The number of carboxylic acids is 1. The summed E-state index contributed by atoms with van der Waals surface area (Å²) in [7, 11) is 0. The van der Waals surface area contributed by atoms with E-state index in [0.717, 1.165) is 36.0 Å².